The van der Waals surface area contributed by atoms with Gasteiger partial charge in [-0.15, -0.1) is 0 Å². The number of hydrogen-bond acceptors (Lipinski definition) is 6. The first-order chi connectivity index (χ1) is 16.5. The van der Waals surface area contributed by atoms with Crippen LogP contribution in [0.2, 0.25) is 0 Å². The third-order valence-corrected chi connectivity index (χ3v) is 6.11. The van der Waals surface area contributed by atoms with Crippen LogP contribution in [0.3, 0.4) is 0 Å². The van der Waals surface area contributed by atoms with Crippen LogP contribution in [-0.2, 0) is 4.74 Å². The summed E-state index contributed by atoms with van der Waals surface area (Å²) >= 11 is 0. The van der Waals surface area contributed by atoms with E-state index in [4.69, 9.17) is 20.2 Å². The minimum absolute atomic E-state index is 0.126. The second kappa shape index (κ2) is 9.40. The Hall–Kier alpha value is -3.49. The standard InChI is InChI=1S/C26H28FN5O2/c1-31(2)15-18-12-11-17(16-33-18)26-30-23(24-25(28)29-13-14-32(24)26)19-7-3-5-9-21(19)34-22-10-6-4-8-20(22)27/h3-10,13-14,17-18H,11-12,15-16H2,1-2H3,(H2,28,29)/t17-,18+/m0/s1. The lowest BCUT2D eigenvalue weighted by Gasteiger charge is -2.30. The van der Waals surface area contributed by atoms with Gasteiger partial charge in [-0.1, -0.05) is 24.3 Å². The molecule has 0 unspecified atom stereocenters. The Labute approximate surface area is 198 Å². The number of hydrogen-bond donors (Lipinski definition) is 1. The number of fused-ring (bicyclic) bond motifs is 1. The van der Waals surface area contributed by atoms with Gasteiger partial charge in [0, 0.05) is 30.4 Å². The first-order valence-electron chi connectivity index (χ1n) is 11.4. The maximum Gasteiger partial charge on any atom is 0.165 e. The molecule has 1 aliphatic heterocycles. The van der Waals surface area contributed by atoms with Gasteiger partial charge < -0.3 is 20.1 Å². The second-order valence-corrected chi connectivity index (χ2v) is 8.87. The number of benzene rings is 2. The molecule has 0 amide bonds. The number of ether oxygens (including phenoxy) is 2. The van der Waals surface area contributed by atoms with E-state index in [0.29, 0.717) is 29.4 Å². The fourth-order valence-electron chi connectivity index (χ4n) is 4.52. The number of nitrogen functional groups attached to an aromatic ring is 1. The number of anilines is 1. The van der Waals surface area contributed by atoms with Gasteiger partial charge in [-0.2, -0.15) is 0 Å². The Morgan fingerprint density at radius 1 is 1.12 bits per heavy atom. The van der Waals surface area contributed by atoms with Crippen molar-refractivity contribution in [2.45, 2.75) is 24.9 Å². The summed E-state index contributed by atoms with van der Waals surface area (Å²) in [5.41, 5.74) is 8.41. The highest BCUT2D eigenvalue weighted by atomic mass is 19.1. The Balaban J connectivity index is 1.54. The summed E-state index contributed by atoms with van der Waals surface area (Å²) in [6.07, 6.45) is 5.70. The molecule has 2 atom stereocenters. The van der Waals surface area contributed by atoms with Gasteiger partial charge >= 0.3 is 0 Å². The molecule has 8 heteroatoms. The van der Waals surface area contributed by atoms with Crippen molar-refractivity contribution < 1.29 is 13.9 Å². The molecule has 2 aromatic heterocycles. The van der Waals surface area contributed by atoms with E-state index in [1.165, 1.54) is 6.07 Å². The third kappa shape index (κ3) is 4.34. The molecule has 5 rings (SSSR count). The fourth-order valence-corrected chi connectivity index (χ4v) is 4.52. The van der Waals surface area contributed by atoms with Crippen molar-refractivity contribution in [2.24, 2.45) is 0 Å². The van der Waals surface area contributed by atoms with Crippen LogP contribution < -0.4 is 10.5 Å². The highest BCUT2D eigenvalue weighted by molar-refractivity contribution is 5.87. The predicted molar refractivity (Wildman–Crippen MR) is 130 cm³/mol. The van der Waals surface area contributed by atoms with E-state index < -0.39 is 5.82 Å². The van der Waals surface area contributed by atoms with Gasteiger partial charge in [0.25, 0.3) is 0 Å². The molecule has 0 aliphatic carbocycles. The maximum atomic E-state index is 14.3. The number of aromatic nitrogens is 3. The van der Waals surface area contributed by atoms with Gasteiger partial charge in [0.15, 0.2) is 11.6 Å². The summed E-state index contributed by atoms with van der Waals surface area (Å²) in [7, 11) is 4.11. The van der Waals surface area contributed by atoms with Crippen molar-refractivity contribution in [3.63, 3.8) is 0 Å². The molecule has 1 fully saturated rings. The highest BCUT2D eigenvalue weighted by Gasteiger charge is 2.29. The minimum atomic E-state index is -0.430. The largest absolute Gasteiger partial charge is 0.454 e. The monoisotopic (exact) mass is 461 g/mol. The lowest BCUT2D eigenvalue weighted by Crippen LogP contribution is -2.34. The van der Waals surface area contributed by atoms with Gasteiger partial charge in [-0.3, -0.25) is 4.40 Å². The van der Waals surface area contributed by atoms with Crippen LogP contribution in [0.5, 0.6) is 11.5 Å². The van der Waals surface area contributed by atoms with Gasteiger partial charge in [0.05, 0.1) is 12.7 Å². The average Bonchev–Trinajstić information content (AvgIpc) is 3.22. The summed E-state index contributed by atoms with van der Waals surface area (Å²) < 4.78 is 28.4. The molecule has 176 valence electrons. The van der Waals surface area contributed by atoms with E-state index in [1.54, 1.807) is 30.5 Å². The highest BCUT2D eigenvalue weighted by Crippen LogP contribution is 2.39. The smallest absolute Gasteiger partial charge is 0.165 e. The van der Waals surface area contributed by atoms with E-state index in [2.05, 4.69) is 24.0 Å². The molecule has 2 N–H and O–H groups in total. The Kier molecular flexibility index (Phi) is 6.17. The topological polar surface area (TPSA) is 77.9 Å². The first kappa shape index (κ1) is 22.3. The number of likely N-dealkylation sites (N-methyl/N-ethyl adjacent to an activating group) is 1. The van der Waals surface area contributed by atoms with Crippen LogP contribution in [0.1, 0.15) is 24.6 Å². The van der Waals surface area contributed by atoms with Crippen LogP contribution in [0, 0.1) is 5.82 Å². The number of halogens is 1. The Morgan fingerprint density at radius 3 is 2.62 bits per heavy atom. The van der Waals surface area contributed by atoms with Crippen molar-refractivity contribution in [1.82, 2.24) is 19.3 Å². The molecule has 34 heavy (non-hydrogen) atoms. The molecule has 1 saturated heterocycles. The van der Waals surface area contributed by atoms with Gasteiger partial charge in [0.1, 0.15) is 28.6 Å². The van der Waals surface area contributed by atoms with E-state index in [9.17, 15) is 4.39 Å². The first-order valence-corrected chi connectivity index (χ1v) is 11.4. The summed E-state index contributed by atoms with van der Waals surface area (Å²) in [6, 6.07) is 13.8. The predicted octanol–water partition coefficient (Wildman–Crippen LogP) is 4.73. The van der Waals surface area contributed by atoms with Crippen molar-refractivity contribution in [1.29, 1.82) is 0 Å². The minimum Gasteiger partial charge on any atom is -0.454 e. The maximum absolute atomic E-state index is 14.3. The van der Waals surface area contributed by atoms with E-state index in [0.717, 1.165) is 30.8 Å². The van der Waals surface area contributed by atoms with Crippen LogP contribution in [0.15, 0.2) is 60.9 Å². The summed E-state index contributed by atoms with van der Waals surface area (Å²) in [6.45, 7) is 1.49. The zero-order valence-electron chi connectivity index (χ0n) is 19.3. The number of nitrogens with zero attached hydrogens (tertiary/aromatic N) is 4. The van der Waals surface area contributed by atoms with Crippen LogP contribution in [0.4, 0.5) is 10.2 Å². The van der Waals surface area contributed by atoms with Crippen molar-refractivity contribution >= 4 is 11.3 Å². The molecule has 0 bridgehead atoms. The zero-order chi connectivity index (χ0) is 23.7. The lowest BCUT2D eigenvalue weighted by atomic mass is 9.97. The van der Waals surface area contributed by atoms with Crippen LogP contribution in [-0.4, -0.2) is 52.6 Å². The Morgan fingerprint density at radius 2 is 1.88 bits per heavy atom. The molecule has 4 aromatic rings. The molecular weight excluding hydrogens is 433 g/mol. The molecule has 1 aliphatic rings. The van der Waals surface area contributed by atoms with Gasteiger partial charge in [-0.25, -0.2) is 14.4 Å². The quantitative estimate of drug-likeness (QED) is 0.447. The third-order valence-electron chi connectivity index (χ3n) is 6.11. The van der Waals surface area contributed by atoms with Crippen LogP contribution >= 0.6 is 0 Å². The molecule has 7 nitrogen and oxygen atoms in total. The molecular formula is C26H28FN5O2. The summed E-state index contributed by atoms with van der Waals surface area (Å²) in [5, 5.41) is 0. The summed E-state index contributed by atoms with van der Waals surface area (Å²) in [4.78, 5) is 11.5. The fraction of sp³-hybridized carbons (Fsp3) is 0.308. The molecule has 0 spiro atoms. The normalized spacial score (nSPS) is 18.5. The SMILES string of the molecule is CN(C)C[C@H]1CC[C@H](c2nc(-c3ccccc3Oc3ccccc3F)c3c(N)nccn23)CO1. The van der Waals surface area contributed by atoms with Crippen molar-refractivity contribution in [3.05, 3.63) is 72.6 Å². The number of para-hydroxylation sites is 2. The van der Waals surface area contributed by atoms with Crippen molar-refractivity contribution in [3.8, 4) is 22.8 Å². The Bertz CT molecular complexity index is 1300. The molecule has 0 radical (unpaired) electrons. The number of imidazole rings is 1. The van der Waals surface area contributed by atoms with E-state index >= 15 is 0 Å². The molecule has 3 heterocycles. The number of rotatable bonds is 6. The van der Waals surface area contributed by atoms with E-state index in [-0.39, 0.29) is 17.8 Å². The molecule has 2 aromatic carbocycles. The van der Waals surface area contributed by atoms with E-state index in [1.807, 2.05) is 28.8 Å². The second-order valence-electron chi connectivity index (χ2n) is 8.87. The number of nitrogens with two attached hydrogens (primary N) is 1. The summed E-state index contributed by atoms with van der Waals surface area (Å²) in [5.74, 6) is 1.59. The van der Waals surface area contributed by atoms with Crippen LogP contribution in [0.25, 0.3) is 16.8 Å². The van der Waals surface area contributed by atoms with Crippen molar-refractivity contribution in [2.75, 3.05) is 33.0 Å². The zero-order valence-corrected chi connectivity index (χ0v) is 19.3. The average molecular weight is 462 g/mol. The van der Waals surface area contributed by atoms with Gasteiger partial charge in [0.2, 0.25) is 0 Å². The molecule has 0 saturated carbocycles. The lowest BCUT2D eigenvalue weighted by molar-refractivity contribution is -0.0104. The van der Waals surface area contributed by atoms with Gasteiger partial charge in [-0.05, 0) is 51.2 Å².